The molecule has 1 aliphatic heterocycles. The van der Waals surface area contributed by atoms with Crippen LogP contribution in [0.2, 0.25) is 0 Å². The Bertz CT molecular complexity index is 216. The first-order valence-electron chi connectivity index (χ1n) is 5.99. The summed E-state index contributed by atoms with van der Waals surface area (Å²) in [6.45, 7) is 8.30. The predicted octanol–water partition coefficient (Wildman–Crippen LogP) is 1.49. The number of nitrogens with one attached hydrogen (secondary N) is 1. The summed E-state index contributed by atoms with van der Waals surface area (Å²) in [4.78, 5) is 14.0. The molecule has 2 unspecified atom stereocenters. The fraction of sp³-hybridized carbons (Fsp3) is 0.917. The Labute approximate surface area is 93.2 Å². The van der Waals surface area contributed by atoms with Crippen molar-refractivity contribution in [2.24, 2.45) is 11.8 Å². The predicted molar refractivity (Wildman–Crippen MR) is 62.7 cm³/mol. The molecule has 0 saturated carbocycles. The van der Waals surface area contributed by atoms with Crippen molar-refractivity contribution in [3.8, 4) is 0 Å². The largest absolute Gasteiger partial charge is 0.345 e. The molecule has 0 radical (unpaired) electrons. The molecule has 1 rings (SSSR count). The van der Waals surface area contributed by atoms with Gasteiger partial charge in [-0.05, 0) is 32.2 Å². The molecule has 2 atom stereocenters. The highest BCUT2D eigenvalue weighted by molar-refractivity contribution is 5.78. The first-order valence-corrected chi connectivity index (χ1v) is 5.99. The van der Waals surface area contributed by atoms with Gasteiger partial charge in [0.05, 0.1) is 0 Å². The van der Waals surface area contributed by atoms with Crippen LogP contribution in [0.1, 0.15) is 33.6 Å². The highest BCUT2D eigenvalue weighted by Crippen LogP contribution is 2.18. The molecule has 3 heteroatoms. The molecule has 1 fully saturated rings. The number of amides is 1. The Morgan fingerprint density at radius 2 is 2.20 bits per heavy atom. The third-order valence-electron chi connectivity index (χ3n) is 2.99. The molecule has 0 bridgehead atoms. The third-order valence-corrected chi connectivity index (χ3v) is 2.99. The van der Waals surface area contributed by atoms with Crippen LogP contribution in [-0.4, -0.2) is 37.0 Å². The van der Waals surface area contributed by atoms with Gasteiger partial charge in [0, 0.05) is 25.6 Å². The number of rotatable bonds is 3. The summed E-state index contributed by atoms with van der Waals surface area (Å²) in [5.41, 5.74) is 0. The van der Waals surface area contributed by atoms with Gasteiger partial charge in [-0.2, -0.15) is 0 Å². The fourth-order valence-electron chi connectivity index (χ4n) is 2.31. The van der Waals surface area contributed by atoms with Crippen molar-refractivity contribution < 1.29 is 4.79 Å². The lowest BCUT2D eigenvalue weighted by atomic mass is 9.92. The van der Waals surface area contributed by atoms with Crippen molar-refractivity contribution in [2.45, 2.75) is 39.7 Å². The lowest BCUT2D eigenvalue weighted by Crippen LogP contribution is -2.43. The second kappa shape index (κ2) is 5.50. The fourth-order valence-corrected chi connectivity index (χ4v) is 2.31. The topological polar surface area (TPSA) is 32.3 Å². The van der Waals surface area contributed by atoms with Crippen LogP contribution >= 0.6 is 0 Å². The van der Waals surface area contributed by atoms with Gasteiger partial charge >= 0.3 is 0 Å². The summed E-state index contributed by atoms with van der Waals surface area (Å²) in [5.74, 6) is 1.13. The maximum atomic E-state index is 12.1. The number of hydrogen-bond acceptors (Lipinski definition) is 2. The summed E-state index contributed by atoms with van der Waals surface area (Å²) >= 11 is 0. The van der Waals surface area contributed by atoms with E-state index in [2.05, 4.69) is 26.1 Å². The summed E-state index contributed by atoms with van der Waals surface area (Å²) in [5, 5.41) is 3.38. The Morgan fingerprint density at radius 3 is 2.73 bits per heavy atom. The van der Waals surface area contributed by atoms with Crippen molar-refractivity contribution in [3.05, 3.63) is 0 Å². The van der Waals surface area contributed by atoms with Gasteiger partial charge < -0.3 is 10.2 Å². The molecule has 0 aromatic rings. The maximum Gasteiger partial charge on any atom is 0.225 e. The number of hydrogen-bond donors (Lipinski definition) is 1. The van der Waals surface area contributed by atoms with Gasteiger partial charge in [0.2, 0.25) is 5.91 Å². The Kier molecular flexibility index (Phi) is 4.58. The van der Waals surface area contributed by atoms with Gasteiger partial charge in [-0.25, -0.2) is 0 Å². The minimum absolute atomic E-state index is 0.241. The molecule has 88 valence electrons. The number of piperidine rings is 1. The van der Waals surface area contributed by atoms with Crippen molar-refractivity contribution in [2.75, 3.05) is 20.1 Å². The van der Waals surface area contributed by atoms with Gasteiger partial charge in [-0.15, -0.1) is 0 Å². The molecule has 1 N–H and O–H groups in total. The van der Waals surface area contributed by atoms with Crippen molar-refractivity contribution >= 4 is 5.91 Å². The zero-order valence-corrected chi connectivity index (χ0v) is 10.4. The van der Waals surface area contributed by atoms with E-state index >= 15 is 0 Å². The van der Waals surface area contributed by atoms with E-state index in [9.17, 15) is 4.79 Å². The molecule has 3 nitrogen and oxygen atoms in total. The lowest BCUT2D eigenvalue weighted by Gasteiger charge is -2.31. The summed E-state index contributed by atoms with van der Waals surface area (Å²) < 4.78 is 0. The summed E-state index contributed by atoms with van der Waals surface area (Å²) in [7, 11) is 1.93. The van der Waals surface area contributed by atoms with Gasteiger partial charge in [0.25, 0.3) is 0 Å². The van der Waals surface area contributed by atoms with E-state index in [4.69, 9.17) is 0 Å². The van der Waals surface area contributed by atoms with Gasteiger partial charge in [-0.3, -0.25) is 4.79 Å². The number of carbonyl (C=O) groups excluding carboxylic acids is 1. The van der Waals surface area contributed by atoms with E-state index in [-0.39, 0.29) is 5.92 Å². The van der Waals surface area contributed by atoms with E-state index in [1.54, 1.807) is 0 Å². The first-order chi connectivity index (χ1) is 7.00. The van der Waals surface area contributed by atoms with Crippen molar-refractivity contribution in [3.63, 3.8) is 0 Å². The van der Waals surface area contributed by atoms with Crippen LogP contribution in [0.15, 0.2) is 0 Å². The third kappa shape index (κ3) is 3.82. The maximum absolute atomic E-state index is 12.1. The molecule has 0 spiro atoms. The molecular formula is C12H24N2O. The van der Waals surface area contributed by atoms with Crippen LogP contribution in [-0.2, 0) is 4.79 Å². The lowest BCUT2D eigenvalue weighted by molar-refractivity contribution is -0.135. The molecule has 1 saturated heterocycles. The van der Waals surface area contributed by atoms with Crippen LogP contribution in [0.4, 0.5) is 0 Å². The minimum Gasteiger partial charge on any atom is -0.345 e. The normalized spacial score (nSPS) is 26.7. The average Bonchev–Trinajstić information content (AvgIpc) is 2.15. The summed E-state index contributed by atoms with van der Waals surface area (Å²) in [6, 6.07) is 0.486. The molecule has 1 heterocycles. The van der Waals surface area contributed by atoms with Gasteiger partial charge in [0.15, 0.2) is 0 Å². The van der Waals surface area contributed by atoms with Crippen molar-refractivity contribution in [1.29, 1.82) is 0 Å². The van der Waals surface area contributed by atoms with E-state index in [1.165, 1.54) is 0 Å². The molecule has 0 aliphatic carbocycles. The molecular weight excluding hydrogens is 188 g/mol. The SMILES string of the molecule is CC(C)CN(C)C(=O)C1CCNC(C)C1. The molecule has 0 aromatic heterocycles. The molecule has 0 aromatic carbocycles. The molecule has 15 heavy (non-hydrogen) atoms. The second-order valence-corrected chi connectivity index (χ2v) is 5.19. The Morgan fingerprint density at radius 1 is 1.53 bits per heavy atom. The zero-order valence-electron chi connectivity index (χ0n) is 10.4. The smallest absolute Gasteiger partial charge is 0.225 e. The molecule has 1 aliphatic rings. The standard InChI is InChI=1S/C12H24N2O/c1-9(2)8-14(4)12(15)11-5-6-13-10(3)7-11/h9-11,13H,5-8H2,1-4H3. The van der Waals surface area contributed by atoms with E-state index < -0.39 is 0 Å². The van der Waals surface area contributed by atoms with Crippen LogP contribution < -0.4 is 5.32 Å². The second-order valence-electron chi connectivity index (χ2n) is 5.19. The number of nitrogens with zero attached hydrogens (tertiary/aromatic N) is 1. The Balaban J connectivity index is 2.44. The average molecular weight is 212 g/mol. The summed E-state index contributed by atoms with van der Waals surface area (Å²) in [6.07, 6.45) is 1.98. The van der Waals surface area contributed by atoms with Crippen LogP contribution in [0, 0.1) is 11.8 Å². The monoisotopic (exact) mass is 212 g/mol. The molecule has 1 amide bonds. The van der Waals surface area contributed by atoms with Crippen LogP contribution in [0.25, 0.3) is 0 Å². The minimum atomic E-state index is 0.241. The van der Waals surface area contributed by atoms with Crippen molar-refractivity contribution in [1.82, 2.24) is 10.2 Å². The van der Waals surface area contributed by atoms with Crippen LogP contribution in [0.5, 0.6) is 0 Å². The first kappa shape index (κ1) is 12.5. The quantitative estimate of drug-likeness (QED) is 0.768. The van der Waals surface area contributed by atoms with Gasteiger partial charge in [0.1, 0.15) is 0 Å². The zero-order chi connectivity index (χ0) is 11.4. The van der Waals surface area contributed by atoms with E-state index in [0.29, 0.717) is 17.9 Å². The van der Waals surface area contributed by atoms with E-state index in [0.717, 1.165) is 25.9 Å². The Hall–Kier alpha value is -0.570. The van der Waals surface area contributed by atoms with Gasteiger partial charge in [-0.1, -0.05) is 13.8 Å². The van der Waals surface area contributed by atoms with E-state index in [1.807, 2.05) is 11.9 Å². The highest BCUT2D eigenvalue weighted by Gasteiger charge is 2.26. The van der Waals surface area contributed by atoms with Crippen LogP contribution in [0.3, 0.4) is 0 Å². The number of carbonyl (C=O) groups is 1. The highest BCUT2D eigenvalue weighted by atomic mass is 16.2.